The van der Waals surface area contributed by atoms with Crippen LogP contribution in [0.25, 0.3) is 0 Å². The molecule has 1 aliphatic rings. The van der Waals surface area contributed by atoms with Crippen molar-refractivity contribution in [2.75, 3.05) is 18.1 Å². The zero-order chi connectivity index (χ0) is 14.1. The van der Waals surface area contributed by atoms with Gasteiger partial charge in [-0.1, -0.05) is 35.3 Å². The van der Waals surface area contributed by atoms with E-state index in [1.54, 1.807) is 23.1 Å². The summed E-state index contributed by atoms with van der Waals surface area (Å²) in [7, 11) is 0. The highest BCUT2D eigenvalue weighted by Crippen LogP contribution is 2.32. The zero-order valence-electron chi connectivity index (χ0n) is 10.5. The molecule has 3 rings (SSSR count). The molecule has 1 heterocycles. The summed E-state index contributed by atoms with van der Waals surface area (Å²) in [6.45, 7) is 0.969. The lowest BCUT2D eigenvalue weighted by atomic mass is 10.1. The fraction of sp³-hybridized carbons (Fsp3) is 0.133. The van der Waals surface area contributed by atoms with Gasteiger partial charge in [-0.25, -0.2) is 0 Å². The highest BCUT2D eigenvalue weighted by Gasteiger charge is 2.24. The molecule has 0 aliphatic carbocycles. The van der Waals surface area contributed by atoms with Gasteiger partial charge < -0.3 is 9.64 Å². The molecule has 0 unspecified atom stereocenters. The predicted molar refractivity (Wildman–Crippen MR) is 80.1 cm³/mol. The summed E-state index contributed by atoms with van der Waals surface area (Å²) in [5, 5.41) is 0.893. The van der Waals surface area contributed by atoms with Crippen LogP contribution in [0.1, 0.15) is 10.4 Å². The van der Waals surface area contributed by atoms with Crippen LogP contribution in [-0.4, -0.2) is 19.1 Å². The Morgan fingerprint density at radius 1 is 1.10 bits per heavy atom. The molecule has 0 spiro atoms. The SMILES string of the molecule is O=C(c1cc(Cl)cc(Cl)c1)N1CCOc2ccccc21. The first-order chi connectivity index (χ1) is 9.65. The molecule has 0 saturated heterocycles. The molecule has 1 amide bonds. The number of para-hydroxylation sites is 2. The first kappa shape index (κ1) is 13.3. The van der Waals surface area contributed by atoms with Crippen LogP contribution in [0.3, 0.4) is 0 Å². The molecule has 0 N–H and O–H groups in total. The number of fused-ring (bicyclic) bond motifs is 1. The summed E-state index contributed by atoms with van der Waals surface area (Å²) in [4.78, 5) is 14.3. The molecule has 20 heavy (non-hydrogen) atoms. The Labute approximate surface area is 126 Å². The van der Waals surface area contributed by atoms with Gasteiger partial charge in [0, 0.05) is 15.6 Å². The van der Waals surface area contributed by atoms with Crippen LogP contribution in [0.5, 0.6) is 5.75 Å². The number of carbonyl (C=O) groups is 1. The number of hydrogen-bond donors (Lipinski definition) is 0. The van der Waals surface area contributed by atoms with Crippen LogP contribution in [-0.2, 0) is 0 Å². The van der Waals surface area contributed by atoms with E-state index in [4.69, 9.17) is 27.9 Å². The topological polar surface area (TPSA) is 29.5 Å². The molecule has 2 aromatic rings. The summed E-state index contributed by atoms with van der Waals surface area (Å²) in [6, 6.07) is 12.3. The third-order valence-corrected chi connectivity index (χ3v) is 3.52. The fourth-order valence-corrected chi connectivity index (χ4v) is 2.74. The Morgan fingerprint density at radius 3 is 2.55 bits per heavy atom. The molecule has 2 aromatic carbocycles. The van der Waals surface area contributed by atoms with Gasteiger partial charge in [0.2, 0.25) is 0 Å². The molecule has 0 saturated carbocycles. The van der Waals surface area contributed by atoms with E-state index in [1.807, 2.05) is 24.3 Å². The van der Waals surface area contributed by atoms with Gasteiger partial charge in [0.05, 0.1) is 12.2 Å². The van der Waals surface area contributed by atoms with Crippen LogP contribution in [0.15, 0.2) is 42.5 Å². The lowest BCUT2D eigenvalue weighted by molar-refractivity contribution is 0.0976. The van der Waals surface area contributed by atoms with E-state index in [9.17, 15) is 4.79 Å². The van der Waals surface area contributed by atoms with E-state index in [1.165, 1.54) is 0 Å². The summed E-state index contributed by atoms with van der Waals surface area (Å²) in [5.41, 5.74) is 1.24. The Hall–Kier alpha value is -1.71. The molecule has 0 aromatic heterocycles. The first-order valence-corrected chi connectivity index (χ1v) is 6.90. The van der Waals surface area contributed by atoms with Crippen LogP contribution in [0, 0.1) is 0 Å². The monoisotopic (exact) mass is 307 g/mol. The van der Waals surface area contributed by atoms with Crippen molar-refractivity contribution in [3.8, 4) is 5.75 Å². The van der Waals surface area contributed by atoms with E-state index in [-0.39, 0.29) is 5.91 Å². The maximum atomic E-state index is 12.6. The number of hydrogen-bond acceptors (Lipinski definition) is 2. The quantitative estimate of drug-likeness (QED) is 0.796. The van der Waals surface area contributed by atoms with Crippen LogP contribution < -0.4 is 9.64 Å². The molecule has 0 fully saturated rings. The third kappa shape index (κ3) is 2.47. The molecule has 0 radical (unpaired) electrons. The Bertz CT molecular complexity index is 652. The highest BCUT2D eigenvalue weighted by molar-refractivity contribution is 6.35. The van der Waals surface area contributed by atoms with Gasteiger partial charge in [0.25, 0.3) is 5.91 Å². The van der Waals surface area contributed by atoms with Gasteiger partial charge in [-0.2, -0.15) is 0 Å². The summed E-state index contributed by atoms with van der Waals surface area (Å²) in [5.74, 6) is 0.574. The van der Waals surface area contributed by atoms with Gasteiger partial charge in [0.1, 0.15) is 12.4 Å². The minimum Gasteiger partial charge on any atom is -0.490 e. The number of nitrogens with zero attached hydrogens (tertiary/aromatic N) is 1. The predicted octanol–water partition coefficient (Wildman–Crippen LogP) is 4.03. The number of amides is 1. The smallest absolute Gasteiger partial charge is 0.258 e. The van der Waals surface area contributed by atoms with E-state index in [2.05, 4.69) is 0 Å². The lowest BCUT2D eigenvalue weighted by Crippen LogP contribution is -2.37. The molecular formula is C15H11Cl2NO2. The minimum absolute atomic E-state index is 0.134. The third-order valence-electron chi connectivity index (χ3n) is 3.08. The van der Waals surface area contributed by atoms with Crippen molar-refractivity contribution < 1.29 is 9.53 Å². The number of ether oxygens (including phenoxy) is 1. The molecule has 0 bridgehead atoms. The minimum atomic E-state index is -0.134. The van der Waals surface area contributed by atoms with Gasteiger partial charge >= 0.3 is 0 Å². The van der Waals surface area contributed by atoms with E-state index in [0.29, 0.717) is 34.5 Å². The molecule has 5 heteroatoms. The van der Waals surface area contributed by atoms with Gasteiger partial charge in [-0.15, -0.1) is 0 Å². The number of carbonyl (C=O) groups excluding carboxylic acids is 1. The van der Waals surface area contributed by atoms with Crippen molar-refractivity contribution in [2.24, 2.45) is 0 Å². The van der Waals surface area contributed by atoms with Gasteiger partial charge in [-0.3, -0.25) is 4.79 Å². The number of benzene rings is 2. The van der Waals surface area contributed by atoms with Crippen LogP contribution >= 0.6 is 23.2 Å². The van der Waals surface area contributed by atoms with Crippen molar-refractivity contribution in [1.29, 1.82) is 0 Å². The molecule has 3 nitrogen and oxygen atoms in total. The second-order valence-corrected chi connectivity index (χ2v) is 5.30. The summed E-state index contributed by atoms with van der Waals surface area (Å²) in [6.07, 6.45) is 0. The maximum absolute atomic E-state index is 12.6. The second-order valence-electron chi connectivity index (χ2n) is 4.43. The highest BCUT2D eigenvalue weighted by atomic mass is 35.5. The van der Waals surface area contributed by atoms with Crippen molar-refractivity contribution in [2.45, 2.75) is 0 Å². The number of halogens is 2. The van der Waals surface area contributed by atoms with E-state index < -0.39 is 0 Å². The van der Waals surface area contributed by atoms with E-state index in [0.717, 1.165) is 5.69 Å². The Balaban J connectivity index is 1.99. The average Bonchev–Trinajstić information content (AvgIpc) is 2.45. The largest absolute Gasteiger partial charge is 0.490 e. The average molecular weight is 308 g/mol. The standard InChI is InChI=1S/C15H11Cl2NO2/c16-11-7-10(8-12(17)9-11)15(19)18-5-6-20-14-4-2-1-3-13(14)18/h1-4,7-9H,5-6H2. The van der Waals surface area contributed by atoms with Crippen molar-refractivity contribution >= 4 is 34.8 Å². The maximum Gasteiger partial charge on any atom is 0.258 e. The molecule has 1 aliphatic heterocycles. The van der Waals surface area contributed by atoms with Gasteiger partial charge in [0.15, 0.2) is 0 Å². The van der Waals surface area contributed by atoms with Crippen LogP contribution in [0.4, 0.5) is 5.69 Å². The molecule has 102 valence electrons. The Kier molecular flexibility index (Phi) is 3.55. The van der Waals surface area contributed by atoms with E-state index >= 15 is 0 Å². The Morgan fingerprint density at radius 2 is 1.80 bits per heavy atom. The first-order valence-electron chi connectivity index (χ1n) is 6.15. The molecular weight excluding hydrogens is 297 g/mol. The van der Waals surface area contributed by atoms with Crippen molar-refractivity contribution in [3.63, 3.8) is 0 Å². The van der Waals surface area contributed by atoms with Crippen LogP contribution in [0.2, 0.25) is 10.0 Å². The summed E-state index contributed by atoms with van der Waals surface area (Å²) < 4.78 is 5.54. The number of anilines is 1. The molecule has 0 atom stereocenters. The van der Waals surface area contributed by atoms with Gasteiger partial charge in [-0.05, 0) is 30.3 Å². The normalized spacial score (nSPS) is 13.6. The van der Waals surface area contributed by atoms with Crippen molar-refractivity contribution in [3.05, 3.63) is 58.1 Å². The summed E-state index contributed by atoms with van der Waals surface area (Å²) >= 11 is 11.9. The lowest BCUT2D eigenvalue weighted by Gasteiger charge is -2.29. The number of rotatable bonds is 1. The fourth-order valence-electron chi connectivity index (χ4n) is 2.21. The zero-order valence-corrected chi connectivity index (χ0v) is 12.0. The second kappa shape index (κ2) is 5.35. The van der Waals surface area contributed by atoms with Crippen molar-refractivity contribution in [1.82, 2.24) is 0 Å².